The monoisotopic (exact) mass is 559 g/mol. The lowest BCUT2D eigenvalue weighted by Gasteiger charge is -2.19. The lowest BCUT2D eigenvalue weighted by atomic mass is 10.0. The van der Waals surface area contributed by atoms with Crippen LogP contribution < -0.4 is 15.8 Å². The quantitative estimate of drug-likeness (QED) is 0.181. The minimum atomic E-state index is -0.400. The van der Waals surface area contributed by atoms with Crippen LogP contribution in [0.1, 0.15) is 83.6 Å². The van der Waals surface area contributed by atoms with Crippen LogP contribution in [0.4, 0.5) is 4.39 Å². The number of nitrogens with two attached hydrogens (primary N) is 1. The summed E-state index contributed by atoms with van der Waals surface area (Å²) in [5.41, 5.74) is 12.1. The largest absolute Gasteiger partial charge is 0.493 e. The third-order valence-corrected chi connectivity index (χ3v) is 8.00. The highest BCUT2D eigenvalue weighted by atomic mass is 19.1. The first-order chi connectivity index (χ1) is 19.8. The van der Waals surface area contributed by atoms with E-state index in [4.69, 9.17) is 10.5 Å². The molecule has 0 aliphatic heterocycles. The molecule has 5 nitrogen and oxygen atoms in total. The zero-order valence-electron chi connectivity index (χ0n) is 25.0. The molecule has 41 heavy (non-hydrogen) atoms. The number of nitrogens with one attached hydrogen (secondary N) is 1. The number of ether oxygens (including phenoxy) is 1. The molecule has 1 amide bonds. The van der Waals surface area contributed by atoms with Crippen LogP contribution in [0.5, 0.6) is 5.75 Å². The molecule has 3 N–H and O–H groups in total. The molecule has 1 aliphatic carbocycles. The Morgan fingerprint density at radius 2 is 1.83 bits per heavy atom. The molecular formula is C35H46FN3O2. The first kappa shape index (κ1) is 30.7. The maximum Gasteiger partial charge on any atom is 0.248 e. The number of primary amides is 1. The van der Waals surface area contributed by atoms with E-state index in [0.717, 1.165) is 74.8 Å². The Bertz CT molecular complexity index is 1300. The van der Waals surface area contributed by atoms with Crippen LogP contribution in [0.25, 0.3) is 0 Å². The van der Waals surface area contributed by atoms with Gasteiger partial charge in [0.1, 0.15) is 11.6 Å². The van der Waals surface area contributed by atoms with Crippen molar-refractivity contribution in [2.24, 2.45) is 5.73 Å². The van der Waals surface area contributed by atoms with Gasteiger partial charge in [-0.2, -0.15) is 0 Å². The number of nitrogens with zero attached hydrogens (tertiary/aromatic N) is 1. The Kier molecular flexibility index (Phi) is 10.9. The van der Waals surface area contributed by atoms with Gasteiger partial charge < -0.3 is 20.7 Å². The van der Waals surface area contributed by atoms with Crippen molar-refractivity contribution in [3.8, 4) is 5.75 Å². The summed E-state index contributed by atoms with van der Waals surface area (Å²) in [4.78, 5) is 13.8. The van der Waals surface area contributed by atoms with Crippen LogP contribution in [-0.2, 0) is 24.9 Å². The molecule has 0 saturated heterocycles. The Labute approximate surface area is 245 Å². The summed E-state index contributed by atoms with van der Waals surface area (Å²) >= 11 is 0. The first-order valence-electron chi connectivity index (χ1n) is 15.1. The topological polar surface area (TPSA) is 67.6 Å². The number of amides is 1. The second-order valence-electron chi connectivity index (χ2n) is 11.7. The highest BCUT2D eigenvalue weighted by Gasteiger charge is 2.43. The van der Waals surface area contributed by atoms with Gasteiger partial charge in [-0.25, -0.2) is 4.39 Å². The average molecular weight is 560 g/mol. The van der Waals surface area contributed by atoms with Crippen LogP contribution in [0.2, 0.25) is 0 Å². The van der Waals surface area contributed by atoms with Crippen LogP contribution in [0.3, 0.4) is 0 Å². The first-order valence-corrected chi connectivity index (χ1v) is 15.1. The van der Waals surface area contributed by atoms with Gasteiger partial charge in [-0.1, -0.05) is 42.8 Å². The van der Waals surface area contributed by atoms with E-state index in [1.54, 1.807) is 6.07 Å². The molecule has 3 aromatic carbocycles. The second kappa shape index (κ2) is 14.6. The van der Waals surface area contributed by atoms with Crippen molar-refractivity contribution in [3.05, 3.63) is 99.9 Å². The predicted molar refractivity (Wildman–Crippen MR) is 165 cm³/mol. The molecule has 0 aromatic heterocycles. The number of hydrogen-bond donors (Lipinski definition) is 2. The van der Waals surface area contributed by atoms with Crippen molar-refractivity contribution in [2.75, 3.05) is 26.7 Å². The molecule has 0 heterocycles. The summed E-state index contributed by atoms with van der Waals surface area (Å²) in [6.07, 6.45) is 8.22. The molecular weight excluding hydrogens is 513 g/mol. The third-order valence-electron chi connectivity index (χ3n) is 8.00. The number of aryl methyl sites for hydroxylation is 3. The zero-order chi connectivity index (χ0) is 29.2. The van der Waals surface area contributed by atoms with Crippen molar-refractivity contribution >= 4 is 5.91 Å². The summed E-state index contributed by atoms with van der Waals surface area (Å²) in [6, 6.07) is 19.8. The van der Waals surface area contributed by atoms with Crippen molar-refractivity contribution in [1.29, 1.82) is 0 Å². The molecule has 0 radical (unpaired) electrons. The molecule has 1 saturated carbocycles. The van der Waals surface area contributed by atoms with Gasteiger partial charge in [0.15, 0.2) is 0 Å². The highest BCUT2D eigenvalue weighted by Crippen LogP contribution is 2.45. The lowest BCUT2D eigenvalue weighted by Crippen LogP contribution is -2.29. The van der Waals surface area contributed by atoms with Crippen LogP contribution in [0.15, 0.2) is 60.7 Å². The molecule has 1 aliphatic rings. The molecule has 3 aromatic rings. The summed E-state index contributed by atoms with van der Waals surface area (Å²) in [7, 11) is 2.07. The van der Waals surface area contributed by atoms with E-state index in [9.17, 15) is 9.18 Å². The molecule has 6 heteroatoms. The van der Waals surface area contributed by atoms with Crippen molar-refractivity contribution < 1.29 is 13.9 Å². The maximum absolute atomic E-state index is 14.3. The van der Waals surface area contributed by atoms with Gasteiger partial charge >= 0.3 is 0 Å². The van der Waals surface area contributed by atoms with Crippen molar-refractivity contribution in [1.82, 2.24) is 10.2 Å². The maximum atomic E-state index is 14.3. The fourth-order valence-electron chi connectivity index (χ4n) is 5.57. The van der Waals surface area contributed by atoms with Gasteiger partial charge in [0, 0.05) is 23.7 Å². The smallest absolute Gasteiger partial charge is 0.248 e. The Balaban J connectivity index is 1.13. The van der Waals surface area contributed by atoms with E-state index < -0.39 is 5.91 Å². The van der Waals surface area contributed by atoms with Gasteiger partial charge in [-0.3, -0.25) is 4.79 Å². The minimum Gasteiger partial charge on any atom is -0.493 e. The van der Waals surface area contributed by atoms with Crippen molar-refractivity contribution in [3.63, 3.8) is 0 Å². The minimum absolute atomic E-state index is 0.162. The number of hydrogen-bond acceptors (Lipinski definition) is 4. The molecule has 0 spiro atoms. The normalized spacial score (nSPS) is 13.9. The zero-order valence-corrected chi connectivity index (χ0v) is 25.0. The summed E-state index contributed by atoms with van der Waals surface area (Å²) < 4.78 is 20.2. The molecule has 0 unspecified atom stereocenters. The summed E-state index contributed by atoms with van der Waals surface area (Å²) in [6.45, 7) is 7.35. The molecule has 1 fully saturated rings. The van der Waals surface area contributed by atoms with Gasteiger partial charge in [0.25, 0.3) is 0 Å². The number of carbonyl (C=O) groups excluding carboxylic acids is 1. The van der Waals surface area contributed by atoms with E-state index in [2.05, 4.69) is 54.5 Å². The van der Waals surface area contributed by atoms with Gasteiger partial charge in [-0.15, -0.1) is 0 Å². The molecule has 220 valence electrons. The molecule has 0 atom stereocenters. The van der Waals surface area contributed by atoms with E-state index in [0.29, 0.717) is 17.9 Å². The second-order valence-corrected chi connectivity index (χ2v) is 11.7. The van der Waals surface area contributed by atoms with Gasteiger partial charge in [0.2, 0.25) is 5.91 Å². The van der Waals surface area contributed by atoms with Gasteiger partial charge in [-0.05, 0) is 125 Å². The number of benzene rings is 3. The van der Waals surface area contributed by atoms with E-state index in [1.165, 1.54) is 30.0 Å². The Hall–Kier alpha value is -3.22. The molecule has 0 bridgehead atoms. The number of rotatable bonds is 17. The van der Waals surface area contributed by atoms with Gasteiger partial charge in [0.05, 0.1) is 6.61 Å². The summed E-state index contributed by atoms with van der Waals surface area (Å²) in [5.74, 6) is -0.0300. The fourth-order valence-corrected chi connectivity index (χ4v) is 5.57. The predicted octanol–water partition coefficient (Wildman–Crippen LogP) is 6.69. The fraction of sp³-hybridized carbons (Fsp3) is 0.457. The number of halogens is 1. The number of carbonyl (C=O) groups is 1. The van der Waals surface area contributed by atoms with E-state index >= 15 is 0 Å². The Morgan fingerprint density at radius 1 is 1.00 bits per heavy atom. The molecule has 4 rings (SSSR count). The van der Waals surface area contributed by atoms with Crippen LogP contribution in [-0.4, -0.2) is 37.6 Å². The third kappa shape index (κ3) is 9.40. The van der Waals surface area contributed by atoms with Crippen LogP contribution in [0, 0.1) is 12.7 Å². The Morgan fingerprint density at radius 3 is 2.59 bits per heavy atom. The lowest BCUT2D eigenvalue weighted by molar-refractivity contribution is 0.1000. The SMILES string of the molecule is CCc1cccc(C2(NCCCCc3cc(F)cc(OCCCCN(C)Cc4cc(C)cc(C(N)=O)c4)c3)CC2)c1. The van der Waals surface area contributed by atoms with Crippen LogP contribution >= 0.6 is 0 Å². The highest BCUT2D eigenvalue weighted by molar-refractivity contribution is 5.93. The van der Waals surface area contributed by atoms with E-state index in [1.807, 2.05) is 25.1 Å². The number of unbranched alkanes of at least 4 members (excludes halogenated alkanes) is 2. The van der Waals surface area contributed by atoms with E-state index in [-0.39, 0.29) is 11.4 Å². The standard InChI is InChI=1S/C35H46FN3O2/c1-4-27-11-9-12-31(21-27)35(13-14-35)38-15-6-5-10-28-22-32(36)24-33(23-28)41-17-8-7-16-39(3)25-29-18-26(2)19-30(20-29)34(37)40/h9,11-12,18-24,38H,4-8,10,13-17,25H2,1-3H3,(H2,37,40). The average Bonchev–Trinajstić information content (AvgIpc) is 3.73. The summed E-state index contributed by atoms with van der Waals surface area (Å²) in [5, 5.41) is 3.80. The van der Waals surface area contributed by atoms with Crippen molar-refractivity contribution in [2.45, 2.75) is 77.3 Å².